The molecular formula is C43H29NO. The van der Waals surface area contributed by atoms with Gasteiger partial charge >= 0.3 is 0 Å². The summed E-state index contributed by atoms with van der Waals surface area (Å²) in [5, 5.41) is 7.39. The first-order chi connectivity index (χ1) is 22.1. The van der Waals surface area contributed by atoms with Gasteiger partial charge in [0.2, 0.25) is 0 Å². The molecule has 45 heavy (non-hydrogen) atoms. The summed E-state index contributed by atoms with van der Waals surface area (Å²) in [6, 6.07) is 50.8. The van der Waals surface area contributed by atoms with Gasteiger partial charge < -0.3 is 8.98 Å². The molecular weight excluding hydrogens is 546 g/mol. The van der Waals surface area contributed by atoms with Crippen LogP contribution in [0.1, 0.15) is 25.0 Å². The van der Waals surface area contributed by atoms with Gasteiger partial charge in [-0.15, -0.1) is 0 Å². The van der Waals surface area contributed by atoms with Gasteiger partial charge in [-0.05, 0) is 63.5 Å². The Labute approximate surface area is 260 Å². The number of hydrogen-bond acceptors (Lipinski definition) is 1. The van der Waals surface area contributed by atoms with E-state index >= 15 is 0 Å². The molecule has 0 unspecified atom stereocenters. The molecule has 0 radical (unpaired) electrons. The van der Waals surface area contributed by atoms with Crippen molar-refractivity contribution in [3.63, 3.8) is 0 Å². The lowest BCUT2D eigenvalue weighted by Gasteiger charge is -2.21. The topological polar surface area (TPSA) is 18.1 Å². The molecule has 0 aliphatic heterocycles. The zero-order chi connectivity index (χ0) is 29.9. The maximum atomic E-state index is 6.72. The van der Waals surface area contributed by atoms with E-state index in [2.05, 4.69) is 158 Å². The minimum atomic E-state index is -0.0596. The summed E-state index contributed by atoms with van der Waals surface area (Å²) in [7, 11) is 0. The van der Waals surface area contributed by atoms with Crippen molar-refractivity contribution < 1.29 is 4.42 Å². The lowest BCUT2D eigenvalue weighted by atomic mass is 9.82. The fourth-order valence-corrected chi connectivity index (χ4v) is 8.01. The number of rotatable bonds is 2. The lowest BCUT2D eigenvalue weighted by Crippen LogP contribution is -2.14. The van der Waals surface area contributed by atoms with E-state index in [1.165, 1.54) is 60.2 Å². The number of para-hydroxylation sites is 2. The molecule has 1 aliphatic rings. The molecule has 0 N–H and O–H groups in total. The Balaban J connectivity index is 1.15. The lowest BCUT2D eigenvalue weighted by molar-refractivity contribution is 0.648. The minimum absolute atomic E-state index is 0.0596. The van der Waals surface area contributed by atoms with Gasteiger partial charge in [-0.2, -0.15) is 0 Å². The zero-order valence-electron chi connectivity index (χ0n) is 25.1. The Morgan fingerprint density at radius 1 is 0.511 bits per heavy atom. The smallest absolute Gasteiger partial charge is 0.143 e. The van der Waals surface area contributed by atoms with Crippen LogP contribution >= 0.6 is 0 Å². The Kier molecular flexibility index (Phi) is 4.82. The van der Waals surface area contributed by atoms with Crippen LogP contribution < -0.4 is 0 Å². The molecule has 7 aromatic carbocycles. The molecule has 0 saturated heterocycles. The number of nitrogens with zero attached hydrogens (tertiary/aromatic N) is 1. The second-order valence-corrected chi connectivity index (χ2v) is 12.9. The van der Waals surface area contributed by atoms with Crippen molar-refractivity contribution in [3.8, 4) is 27.9 Å². The van der Waals surface area contributed by atoms with E-state index in [9.17, 15) is 0 Å². The molecule has 2 nitrogen and oxygen atoms in total. The number of aromatic nitrogens is 1. The van der Waals surface area contributed by atoms with E-state index in [0.29, 0.717) is 0 Å². The highest BCUT2D eigenvalue weighted by atomic mass is 16.3. The molecule has 0 bridgehead atoms. The molecule has 212 valence electrons. The normalized spacial score (nSPS) is 13.7. The molecule has 1 aliphatic carbocycles. The van der Waals surface area contributed by atoms with Crippen molar-refractivity contribution in [3.05, 3.63) is 151 Å². The third-order valence-electron chi connectivity index (χ3n) is 10.2. The summed E-state index contributed by atoms with van der Waals surface area (Å²) in [4.78, 5) is 0. The van der Waals surface area contributed by atoms with Crippen molar-refractivity contribution in [1.82, 2.24) is 4.57 Å². The van der Waals surface area contributed by atoms with Crippen molar-refractivity contribution in [2.24, 2.45) is 0 Å². The highest BCUT2D eigenvalue weighted by Gasteiger charge is 2.36. The average molecular weight is 576 g/mol. The third-order valence-corrected chi connectivity index (χ3v) is 10.2. The fourth-order valence-electron chi connectivity index (χ4n) is 8.01. The molecule has 0 atom stereocenters. The standard InChI is InChI=1S/C43H29NO/c1-43(2)37-16-7-5-12-31(37)35-24-36-34-15-9-14-30(42(34)45-40(36)25-38(35)43)27-18-21-28(22-19-27)44-39-17-8-6-13-32(39)33-23-20-26-10-3-4-11-29(26)41(33)44/h3-25H,1-2H3. The van der Waals surface area contributed by atoms with Crippen molar-refractivity contribution >= 4 is 54.5 Å². The second-order valence-electron chi connectivity index (χ2n) is 12.9. The molecule has 10 rings (SSSR count). The van der Waals surface area contributed by atoms with E-state index in [-0.39, 0.29) is 5.41 Å². The molecule has 0 saturated carbocycles. The van der Waals surface area contributed by atoms with Crippen LogP contribution in [0, 0.1) is 0 Å². The van der Waals surface area contributed by atoms with Crippen molar-refractivity contribution in [2.45, 2.75) is 19.3 Å². The Bertz CT molecular complexity index is 2670. The number of furan rings is 1. The van der Waals surface area contributed by atoms with Crippen LogP contribution in [0.3, 0.4) is 0 Å². The van der Waals surface area contributed by atoms with Gasteiger partial charge in [0.15, 0.2) is 0 Å². The summed E-state index contributed by atoms with van der Waals surface area (Å²) in [5.41, 5.74) is 13.1. The summed E-state index contributed by atoms with van der Waals surface area (Å²) in [5.74, 6) is 0. The van der Waals surface area contributed by atoms with Gasteiger partial charge in [0.05, 0.1) is 11.0 Å². The van der Waals surface area contributed by atoms with Gasteiger partial charge in [0.1, 0.15) is 11.2 Å². The maximum Gasteiger partial charge on any atom is 0.143 e. The Morgan fingerprint density at radius 3 is 2.13 bits per heavy atom. The molecule has 9 aromatic rings. The van der Waals surface area contributed by atoms with Crippen LogP contribution in [-0.4, -0.2) is 4.57 Å². The van der Waals surface area contributed by atoms with Crippen LogP contribution in [0.15, 0.2) is 144 Å². The van der Waals surface area contributed by atoms with Gasteiger partial charge in [-0.25, -0.2) is 0 Å². The highest BCUT2D eigenvalue weighted by Crippen LogP contribution is 2.51. The summed E-state index contributed by atoms with van der Waals surface area (Å²) < 4.78 is 9.13. The molecule has 0 spiro atoms. The van der Waals surface area contributed by atoms with Crippen LogP contribution in [0.5, 0.6) is 0 Å². The average Bonchev–Trinajstić information content (AvgIpc) is 3.70. The van der Waals surface area contributed by atoms with Crippen LogP contribution in [0.25, 0.3) is 82.5 Å². The maximum absolute atomic E-state index is 6.72. The summed E-state index contributed by atoms with van der Waals surface area (Å²) >= 11 is 0. The number of fused-ring (bicyclic) bond motifs is 11. The molecule has 0 amide bonds. The monoisotopic (exact) mass is 575 g/mol. The van der Waals surface area contributed by atoms with Crippen LogP contribution in [-0.2, 0) is 5.41 Å². The first-order valence-corrected chi connectivity index (χ1v) is 15.7. The van der Waals surface area contributed by atoms with E-state index < -0.39 is 0 Å². The minimum Gasteiger partial charge on any atom is -0.455 e. The van der Waals surface area contributed by atoms with Gasteiger partial charge in [-0.1, -0.05) is 123 Å². The van der Waals surface area contributed by atoms with Gasteiger partial charge in [0, 0.05) is 43.6 Å². The molecule has 2 aromatic heterocycles. The summed E-state index contributed by atoms with van der Waals surface area (Å²) in [6.07, 6.45) is 0. The zero-order valence-corrected chi connectivity index (χ0v) is 25.1. The van der Waals surface area contributed by atoms with Crippen molar-refractivity contribution in [1.29, 1.82) is 0 Å². The van der Waals surface area contributed by atoms with Gasteiger partial charge in [0.25, 0.3) is 0 Å². The second kappa shape index (κ2) is 8.74. The van der Waals surface area contributed by atoms with Crippen molar-refractivity contribution in [2.75, 3.05) is 0 Å². The third kappa shape index (κ3) is 3.29. The van der Waals surface area contributed by atoms with Crippen LogP contribution in [0.4, 0.5) is 0 Å². The SMILES string of the molecule is CC1(C)c2ccccc2-c2cc3c(cc21)oc1c(-c2ccc(-n4c5ccccc5c5ccc6ccccc6c54)cc2)cccc13. The van der Waals surface area contributed by atoms with E-state index in [4.69, 9.17) is 4.42 Å². The van der Waals surface area contributed by atoms with E-state index in [0.717, 1.165) is 33.4 Å². The Hall–Kier alpha value is -5.60. The molecule has 0 fully saturated rings. The molecule has 2 heterocycles. The first-order valence-electron chi connectivity index (χ1n) is 15.7. The first kappa shape index (κ1) is 24.8. The number of hydrogen-bond donors (Lipinski definition) is 0. The van der Waals surface area contributed by atoms with E-state index in [1.54, 1.807) is 0 Å². The predicted molar refractivity (Wildman–Crippen MR) is 189 cm³/mol. The molecule has 2 heteroatoms. The van der Waals surface area contributed by atoms with Crippen LogP contribution in [0.2, 0.25) is 0 Å². The number of benzene rings is 7. The quantitative estimate of drug-likeness (QED) is 0.200. The fraction of sp³-hybridized carbons (Fsp3) is 0.0698. The van der Waals surface area contributed by atoms with E-state index in [1.807, 2.05) is 0 Å². The highest BCUT2D eigenvalue weighted by molar-refractivity contribution is 6.18. The summed E-state index contributed by atoms with van der Waals surface area (Å²) in [6.45, 7) is 4.64. The van der Waals surface area contributed by atoms with Gasteiger partial charge in [-0.3, -0.25) is 0 Å². The Morgan fingerprint density at radius 2 is 1.24 bits per heavy atom. The largest absolute Gasteiger partial charge is 0.455 e. The predicted octanol–water partition coefficient (Wildman–Crippen LogP) is 11.8.